The van der Waals surface area contributed by atoms with Crippen LogP contribution in [0, 0.1) is 15.9 Å². The quantitative estimate of drug-likeness (QED) is 0.409. The molecule has 1 atom stereocenters. The first-order valence-electron chi connectivity index (χ1n) is 6.85. The van der Waals surface area contributed by atoms with E-state index in [0.717, 1.165) is 23.9 Å². The molecule has 134 valence electrons. The molecule has 0 radical (unpaired) electrons. The topological polar surface area (TPSA) is 77.3 Å². The van der Waals surface area contributed by atoms with E-state index in [9.17, 15) is 31.7 Å². The summed E-state index contributed by atoms with van der Waals surface area (Å²) in [6, 6.07) is 8.20. The zero-order chi connectivity index (χ0) is 18.8. The van der Waals surface area contributed by atoms with E-state index >= 15 is 0 Å². The number of rotatable bonds is 6. The number of hydrogen-bond donors (Lipinski definition) is 0. The van der Waals surface area contributed by atoms with Crippen LogP contribution in [0.4, 0.5) is 18.9 Å². The van der Waals surface area contributed by atoms with Crippen LogP contribution in [-0.4, -0.2) is 19.1 Å². The zero-order valence-electron chi connectivity index (χ0n) is 12.7. The minimum Gasteiger partial charge on any atom is -0.258 e. The number of sulfone groups is 1. The summed E-state index contributed by atoms with van der Waals surface area (Å²) >= 11 is 1.04. The van der Waals surface area contributed by atoms with Gasteiger partial charge in [-0.2, -0.15) is 8.78 Å². The Morgan fingerprint density at radius 3 is 2.24 bits per heavy atom. The fraction of sp³-hybridized carbons (Fsp3) is 0.200. The van der Waals surface area contributed by atoms with Crippen molar-refractivity contribution in [3.8, 4) is 0 Å². The van der Waals surface area contributed by atoms with Crippen LogP contribution in [0.5, 0.6) is 0 Å². The normalized spacial score (nSPS) is 13.0. The Hall–Kier alpha value is -2.07. The molecular weight excluding hydrogens is 379 g/mol. The largest absolute Gasteiger partial charge is 0.341 e. The highest BCUT2D eigenvalue weighted by Crippen LogP contribution is 2.40. The van der Waals surface area contributed by atoms with Crippen molar-refractivity contribution >= 4 is 27.3 Å². The summed E-state index contributed by atoms with van der Waals surface area (Å²) in [6.45, 7) is 1.73. The minimum atomic E-state index is -4.92. The van der Waals surface area contributed by atoms with Crippen LogP contribution in [0.15, 0.2) is 52.3 Å². The molecule has 0 saturated heterocycles. The molecule has 2 aromatic rings. The Morgan fingerprint density at radius 2 is 1.72 bits per heavy atom. The molecule has 0 N–H and O–H groups in total. The second kappa shape index (κ2) is 7.44. The van der Waals surface area contributed by atoms with E-state index in [2.05, 4.69) is 0 Å². The summed E-state index contributed by atoms with van der Waals surface area (Å²) in [7, 11) is -4.92. The summed E-state index contributed by atoms with van der Waals surface area (Å²) in [6.07, 6.45) is 0. The van der Waals surface area contributed by atoms with Crippen molar-refractivity contribution < 1.29 is 26.5 Å². The highest BCUT2D eigenvalue weighted by molar-refractivity contribution is 7.99. The molecule has 0 aromatic heterocycles. The fourth-order valence-electron chi connectivity index (χ4n) is 2.01. The molecule has 2 rings (SSSR count). The molecule has 0 saturated carbocycles. The molecule has 0 fully saturated rings. The van der Waals surface area contributed by atoms with E-state index < -0.39 is 36.9 Å². The predicted octanol–water partition coefficient (Wildman–Crippen LogP) is 4.58. The average Bonchev–Trinajstić information content (AvgIpc) is 2.55. The van der Waals surface area contributed by atoms with E-state index in [1.165, 1.54) is 24.3 Å². The first kappa shape index (κ1) is 19.3. The third-order valence-corrected chi connectivity index (χ3v) is 5.94. The summed E-state index contributed by atoms with van der Waals surface area (Å²) in [5.41, 5.74) is 0.116. The third-order valence-electron chi connectivity index (χ3n) is 3.33. The molecule has 0 aliphatic heterocycles. The highest BCUT2D eigenvalue weighted by Gasteiger charge is 2.29. The van der Waals surface area contributed by atoms with E-state index in [1.807, 2.05) is 0 Å². The molecule has 1 unspecified atom stereocenters. The van der Waals surface area contributed by atoms with E-state index in [4.69, 9.17) is 0 Å². The number of nitro benzene ring substituents is 1. The number of hydrogen-bond acceptors (Lipinski definition) is 5. The van der Waals surface area contributed by atoms with Crippen LogP contribution in [0.3, 0.4) is 0 Å². The van der Waals surface area contributed by atoms with Gasteiger partial charge in [0.2, 0.25) is 9.84 Å². The molecule has 2 aromatic carbocycles. The van der Waals surface area contributed by atoms with Crippen LogP contribution >= 0.6 is 11.8 Å². The van der Waals surface area contributed by atoms with Gasteiger partial charge in [0.15, 0.2) is 0 Å². The van der Waals surface area contributed by atoms with Gasteiger partial charge >= 0.3 is 5.76 Å². The molecular formula is C15H12F3NO4S2. The Kier molecular flexibility index (Phi) is 5.73. The molecule has 5 nitrogen and oxygen atoms in total. The molecule has 0 spiro atoms. The molecule has 25 heavy (non-hydrogen) atoms. The van der Waals surface area contributed by atoms with E-state index in [-0.39, 0.29) is 10.1 Å². The van der Waals surface area contributed by atoms with Gasteiger partial charge in [-0.05, 0) is 36.8 Å². The van der Waals surface area contributed by atoms with Crippen LogP contribution < -0.4 is 0 Å². The van der Waals surface area contributed by atoms with Gasteiger partial charge in [-0.3, -0.25) is 10.1 Å². The maximum Gasteiger partial charge on any atom is 0.341 e. The Morgan fingerprint density at radius 1 is 1.12 bits per heavy atom. The molecule has 0 aliphatic rings. The second-order valence-electron chi connectivity index (χ2n) is 5.00. The number of nitro groups is 1. The maximum absolute atomic E-state index is 13.0. The predicted molar refractivity (Wildman–Crippen MR) is 87.0 cm³/mol. The van der Waals surface area contributed by atoms with Gasteiger partial charge in [-0.1, -0.05) is 12.1 Å². The lowest BCUT2D eigenvalue weighted by atomic mass is 10.2. The summed E-state index contributed by atoms with van der Waals surface area (Å²) in [5.74, 6) is -4.09. The van der Waals surface area contributed by atoms with Crippen molar-refractivity contribution in [2.24, 2.45) is 0 Å². The van der Waals surface area contributed by atoms with Gasteiger partial charge in [0.05, 0.1) is 14.7 Å². The summed E-state index contributed by atoms with van der Waals surface area (Å²) in [5, 5.41) is 10.9. The monoisotopic (exact) mass is 391 g/mol. The molecule has 0 bridgehead atoms. The fourth-order valence-corrected chi connectivity index (χ4v) is 3.83. The van der Waals surface area contributed by atoms with Crippen LogP contribution in [0.1, 0.15) is 17.7 Å². The third kappa shape index (κ3) is 4.31. The van der Waals surface area contributed by atoms with Crippen LogP contribution in [0.25, 0.3) is 0 Å². The minimum absolute atomic E-state index is 0.120. The van der Waals surface area contributed by atoms with Gasteiger partial charge in [-0.15, -0.1) is 11.8 Å². The maximum atomic E-state index is 13.0. The van der Waals surface area contributed by atoms with Crippen molar-refractivity contribution in [1.82, 2.24) is 0 Å². The van der Waals surface area contributed by atoms with E-state index in [0.29, 0.717) is 11.6 Å². The lowest BCUT2D eigenvalue weighted by molar-refractivity contribution is -0.388. The van der Waals surface area contributed by atoms with Gasteiger partial charge in [-0.25, -0.2) is 12.8 Å². The Labute approximate surface area is 145 Å². The lowest BCUT2D eigenvalue weighted by Gasteiger charge is -2.12. The van der Waals surface area contributed by atoms with Crippen LogP contribution in [0.2, 0.25) is 0 Å². The van der Waals surface area contributed by atoms with Crippen molar-refractivity contribution in [3.05, 3.63) is 64.0 Å². The molecule has 0 amide bonds. The van der Waals surface area contributed by atoms with E-state index in [1.54, 1.807) is 6.92 Å². The van der Waals surface area contributed by atoms with Crippen molar-refractivity contribution in [1.29, 1.82) is 0 Å². The molecule has 10 heteroatoms. The summed E-state index contributed by atoms with van der Waals surface area (Å²) < 4.78 is 61.1. The van der Waals surface area contributed by atoms with Crippen molar-refractivity contribution in [2.45, 2.75) is 27.7 Å². The molecule has 0 aliphatic carbocycles. The zero-order valence-corrected chi connectivity index (χ0v) is 14.4. The Balaban J connectivity index is 2.38. The van der Waals surface area contributed by atoms with Crippen LogP contribution in [-0.2, 0) is 9.84 Å². The van der Waals surface area contributed by atoms with Crippen molar-refractivity contribution in [2.75, 3.05) is 0 Å². The number of alkyl halides is 2. The lowest BCUT2D eigenvalue weighted by Crippen LogP contribution is -2.11. The van der Waals surface area contributed by atoms with Crippen molar-refractivity contribution in [3.63, 3.8) is 0 Å². The second-order valence-corrected chi connectivity index (χ2v) is 8.30. The number of benzene rings is 2. The van der Waals surface area contributed by atoms with Gasteiger partial charge in [0.1, 0.15) is 5.82 Å². The number of nitrogens with zero attached hydrogens (tertiary/aromatic N) is 1. The molecule has 0 heterocycles. The highest BCUT2D eigenvalue weighted by atomic mass is 32.2. The number of thioether (sulfide) groups is 1. The summed E-state index contributed by atoms with van der Waals surface area (Å²) in [4.78, 5) is 9.67. The standard InChI is InChI=1S/C15H12F3NO4S2/c1-9(10-2-4-11(16)5-3-10)24-14-7-6-12(8-13(14)19(20)21)25(22,23)15(17)18/h2-9,15H,1H3. The average molecular weight is 391 g/mol. The van der Waals surface area contributed by atoms with Gasteiger partial charge in [0.25, 0.3) is 5.69 Å². The SMILES string of the molecule is CC(Sc1ccc(S(=O)(=O)C(F)F)cc1[N+](=O)[O-])c1ccc(F)cc1. The van der Waals surface area contributed by atoms with Gasteiger partial charge < -0.3 is 0 Å². The smallest absolute Gasteiger partial charge is 0.258 e. The Bertz CT molecular complexity index is 886. The van der Waals surface area contributed by atoms with Gasteiger partial charge in [0, 0.05) is 11.3 Å². The first-order valence-corrected chi connectivity index (χ1v) is 9.28. The first-order chi connectivity index (χ1) is 11.6. The number of halogens is 3.